The fraction of sp³-hybridized carbons (Fsp3) is 0.875. The summed E-state index contributed by atoms with van der Waals surface area (Å²) in [6.07, 6.45) is 4.65. The predicted molar refractivity (Wildman–Crippen MR) is 83.3 cm³/mol. The van der Waals surface area contributed by atoms with Crippen molar-refractivity contribution in [1.82, 2.24) is 24.6 Å². The summed E-state index contributed by atoms with van der Waals surface area (Å²) < 4.78 is 8.49. The Bertz CT molecular complexity index is 544. The van der Waals surface area contributed by atoms with Crippen molar-refractivity contribution in [2.24, 2.45) is 11.8 Å². The van der Waals surface area contributed by atoms with E-state index in [1.807, 2.05) is 4.68 Å². The zero-order valence-corrected chi connectivity index (χ0v) is 13.9. The van der Waals surface area contributed by atoms with Gasteiger partial charge in [-0.15, -0.1) is 0 Å². The Balaban J connectivity index is 1.49. The largest absolute Gasteiger partial charge is 0.370 e. The molecule has 0 saturated carbocycles. The van der Waals surface area contributed by atoms with Crippen LogP contribution in [-0.4, -0.2) is 70.0 Å². The van der Waals surface area contributed by atoms with Gasteiger partial charge in [0.25, 0.3) is 0 Å². The molecule has 6 heteroatoms. The molecule has 1 aromatic heterocycles. The fourth-order valence-corrected chi connectivity index (χ4v) is 4.95. The van der Waals surface area contributed by atoms with Crippen molar-refractivity contribution in [1.29, 1.82) is 0 Å². The monoisotopic (exact) mass is 305 g/mol. The lowest BCUT2D eigenvalue weighted by atomic mass is 9.73. The number of ether oxygens (including phenoxy) is 1. The number of rotatable bonds is 5. The van der Waals surface area contributed by atoms with E-state index in [1.54, 1.807) is 6.33 Å². The molecule has 4 heterocycles. The first-order valence-electron chi connectivity index (χ1n) is 8.53. The van der Waals surface area contributed by atoms with Crippen molar-refractivity contribution in [3.05, 3.63) is 12.2 Å². The molecule has 1 aromatic rings. The van der Waals surface area contributed by atoms with Crippen LogP contribution in [0, 0.1) is 11.8 Å². The maximum absolute atomic E-state index is 6.49. The highest BCUT2D eigenvalue weighted by Gasteiger charge is 2.62. The van der Waals surface area contributed by atoms with Gasteiger partial charge in [0.2, 0.25) is 0 Å². The molecule has 3 aliphatic rings. The summed E-state index contributed by atoms with van der Waals surface area (Å²) in [6.45, 7) is 7.26. The van der Waals surface area contributed by atoms with Crippen molar-refractivity contribution in [3.8, 4) is 0 Å². The molecular formula is C16H27N5O. The molecule has 0 unspecified atom stereocenters. The molecule has 6 nitrogen and oxygen atoms in total. The molecule has 3 aliphatic heterocycles. The molecule has 3 saturated heterocycles. The average molecular weight is 305 g/mol. The second kappa shape index (κ2) is 5.28. The van der Waals surface area contributed by atoms with E-state index in [2.05, 4.69) is 40.9 Å². The predicted octanol–water partition coefficient (Wildman–Crippen LogP) is 0.839. The Morgan fingerprint density at radius 3 is 3.09 bits per heavy atom. The van der Waals surface area contributed by atoms with Crippen molar-refractivity contribution < 1.29 is 4.74 Å². The highest BCUT2D eigenvalue weighted by molar-refractivity contribution is 5.13. The number of hydrogen-bond donors (Lipinski definition) is 0. The number of aryl methyl sites for hydroxylation is 1. The summed E-state index contributed by atoms with van der Waals surface area (Å²) in [5.41, 5.74) is 0.127. The molecule has 0 radical (unpaired) electrons. The number of hydrogen-bond acceptors (Lipinski definition) is 5. The average Bonchev–Trinajstić information content (AvgIpc) is 3.19. The van der Waals surface area contributed by atoms with E-state index in [0.717, 1.165) is 38.5 Å². The quantitative estimate of drug-likeness (QED) is 0.807. The number of fused-ring (bicyclic) bond motifs is 1. The fourth-order valence-electron chi connectivity index (χ4n) is 4.95. The van der Waals surface area contributed by atoms with Gasteiger partial charge in [-0.25, -0.2) is 9.67 Å². The zero-order valence-electron chi connectivity index (χ0n) is 13.9. The van der Waals surface area contributed by atoms with Gasteiger partial charge in [0.1, 0.15) is 12.2 Å². The van der Waals surface area contributed by atoms with Crippen LogP contribution in [-0.2, 0) is 17.8 Å². The Morgan fingerprint density at radius 2 is 2.32 bits per heavy atom. The van der Waals surface area contributed by atoms with Crippen LogP contribution in [0.4, 0.5) is 0 Å². The van der Waals surface area contributed by atoms with E-state index in [1.165, 1.54) is 12.8 Å². The minimum atomic E-state index is 0.127. The SMILES string of the molecule is CCn1ncnc1CN1C[C@H]2[C@@H](CN(C)C)[C@@H]3CC[C@@]2(C1)O3. The summed E-state index contributed by atoms with van der Waals surface area (Å²) in [4.78, 5) is 9.28. The molecule has 0 amide bonds. The summed E-state index contributed by atoms with van der Waals surface area (Å²) in [5, 5.41) is 4.29. The van der Waals surface area contributed by atoms with Crippen LogP contribution in [0.5, 0.6) is 0 Å². The molecule has 2 bridgehead atoms. The van der Waals surface area contributed by atoms with E-state index in [4.69, 9.17) is 4.74 Å². The van der Waals surface area contributed by atoms with Crippen molar-refractivity contribution >= 4 is 0 Å². The number of nitrogens with zero attached hydrogens (tertiary/aromatic N) is 5. The molecule has 0 aliphatic carbocycles. The van der Waals surface area contributed by atoms with Crippen LogP contribution in [0.1, 0.15) is 25.6 Å². The summed E-state index contributed by atoms with van der Waals surface area (Å²) >= 11 is 0. The highest BCUT2D eigenvalue weighted by atomic mass is 16.5. The van der Waals surface area contributed by atoms with Crippen LogP contribution in [0.25, 0.3) is 0 Å². The Morgan fingerprint density at radius 1 is 1.45 bits per heavy atom. The van der Waals surface area contributed by atoms with E-state index in [0.29, 0.717) is 17.9 Å². The maximum Gasteiger partial charge on any atom is 0.140 e. The third-order valence-electron chi connectivity index (χ3n) is 5.79. The van der Waals surface area contributed by atoms with Crippen LogP contribution >= 0.6 is 0 Å². The van der Waals surface area contributed by atoms with E-state index in [9.17, 15) is 0 Å². The molecular weight excluding hydrogens is 278 g/mol. The van der Waals surface area contributed by atoms with E-state index >= 15 is 0 Å². The summed E-state index contributed by atoms with van der Waals surface area (Å²) in [7, 11) is 4.35. The topological polar surface area (TPSA) is 46.4 Å². The molecule has 4 rings (SSSR count). The first-order valence-corrected chi connectivity index (χ1v) is 8.53. The van der Waals surface area contributed by atoms with Gasteiger partial charge in [0.15, 0.2) is 0 Å². The second-order valence-corrected chi connectivity index (χ2v) is 7.45. The van der Waals surface area contributed by atoms with Gasteiger partial charge < -0.3 is 9.64 Å². The summed E-state index contributed by atoms with van der Waals surface area (Å²) in [6, 6.07) is 0. The first-order chi connectivity index (χ1) is 10.6. The van der Waals surface area contributed by atoms with Crippen molar-refractivity contribution in [2.75, 3.05) is 33.7 Å². The van der Waals surface area contributed by atoms with Gasteiger partial charge >= 0.3 is 0 Å². The van der Waals surface area contributed by atoms with Crippen LogP contribution in [0.2, 0.25) is 0 Å². The molecule has 0 aromatic carbocycles. The van der Waals surface area contributed by atoms with Gasteiger partial charge in [-0.3, -0.25) is 4.90 Å². The van der Waals surface area contributed by atoms with Crippen molar-refractivity contribution in [3.63, 3.8) is 0 Å². The normalized spacial score (nSPS) is 37.4. The molecule has 4 atom stereocenters. The Hall–Kier alpha value is -0.980. The number of aromatic nitrogens is 3. The first kappa shape index (κ1) is 14.6. The minimum absolute atomic E-state index is 0.127. The smallest absolute Gasteiger partial charge is 0.140 e. The third-order valence-corrected chi connectivity index (χ3v) is 5.79. The molecule has 3 fully saturated rings. The van der Waals surface area contributed by atoms with E-state index in [-0.39, 0.29) is 5.60 Å². The lowest BCUT2D eigenvalue weighted by Crippen LogP contribution is -2.40. The number of likely N-dealkylation sites (tertiary alicyclic amines) is 1. The lowest BCUT2D eigenvalue weighted by molar-refractivity contribution is 0.00117. The molecule has 1 spiro atoms. The van der Waals surface area contributed by atoms with Crippen LogP contribution in [0.3, 0.4) is 0 Å². The highest BCUT2D eigenvalue weighted by Crippen LogP contribution is 2.55. The van der Waals surface area contributed by atoms with Gasteiger partial charge in [0.05, 0.1) is 18.2 Å². The van der Waals surface area contributed by atoms with Crippen molar-refractivity contribution in [2.45, 2.75) is 44.6 Å². The van der Waals surface area contributed by atoms with Crippen LogP contribution < -0.4 is 0 Å². The van der Waals surface area contributed by atoms with Gasteiger partial charge in [0, 0.05) is 38.0 Å². The zero-order chi connectivity index (χ0) is 15.3. The van der Waals surface area contributed by atoms with E-state index < -0.39 is 0 Å². The van der Waals surface area contributed by atoms with Gasteiger partial charge in [-0.2, -0.15) is 5.10 Å². The van der Waals surface area contributed by atoms with Gasteiger partial charge in [-0.1, -0.05) is 0 Å². The minimum Gasteiger partial charge on any atom is -0.370 e. The Kier molecular flexibility index (Phi) is 3.51. The Labute approximate surface area is 132 Å². The third kappa shape index (κ3) is 2.20. The summed E-state index contributed by atoms with van der Waals surface area (Å²) in [5.74, 6) is 2.46. The molecule has 22 heavy (non-hydrogen) atoms. The second-order valence-electron chi connectivity index (χ2n) is 7.45. The maximum atomic E-state index is 6.49. The molecule has 122 valence electrons. The lowest BCUT2D eigenvalue weighted by Gasteiger charge is -2.31. The molecule has 0 N–H and O–H groups in total. The van der Waals surface area contributed by atoms with Gasteiger partial charge in [-0.05, 0) is 33.9 Å². The van der Waals surface area contributed by atoms with Crippen LogP contribution in [0.15, 0.2) is 6.33 Å². The standard InChI is InChI=1S/C16H27N5O/c1-4-21-15(17-11-18-21)9-20-8-13-12(7-19(2)3)14-5-6-16(13,10-20)22-14/h11-14H,4-10H2,1-3H3/t12-,13+,14+,16+/m1/s1.